The van der Waals surface area contributed by atoms with Crippen LogP contribution in [0.3, 0.4) is 0 Å². The Labute approximate surface area is 376 Å². The predicted molar refractivity (Wildman–Crippen MR) is 240 cm³/mol. The Morgan fingerprint density at radius 2 is 0.969 bits per heavy atom. The largest absolute Gasteiger partial charge is 0.478 e. The number of anilines is 2. The molecule has 0 saturated heterocycles. The van der Waals surface area contributed by atoms with Gasteiger partial charge in [-0.25, -0.2) is 18.4 Å². The number of carboxylic acid groups (broad SMARTS) is 2. The molecule has 6 aromatic rings. The molecule has 14 heteroatoms. The highest BCUT2D eigenvalue weighted by Crippen LogP contribution is 2.44. The summed E-state index contributed by atoms with van der Waals surface area (Å²) in [5.74, 6) is -3.07. The van der Waals surface area contributed by atoms with E-state index in [2.05, 4.69) is 12.1 Å². The number of halogens is 2. The van der Waals surface area contributed by atoms with E-state index in [9.17, 15) is 28.0 Å². The maximum absolute atomic E-state index is 14.7. The number of nitriles is 2. The molecule has 0 aromatic heterocycles. The third-order valence-electron chi connectivity index (χ3n) is 10.9. The topological polar surface area (TPSA) is 163 Å². The molecule has 2 aliphatic heterocycles. The second-order valence-corrected chi connectivity index (χ2v) is 17.6. The molecule has 2 aliphatic rings. The van der Waals surface area contributed by atoms with Gasteiger partial charge in [0.2, 0.25) is 11.8 Å². The van der Waals surface area contributed by atoms with E-state index in [0.29, 0.717) is 45.1 Å². The third kappa shape index (κ3) is 9.84. The van der Waals surface area contributed by atoms with Crippen molar-refractivity contribution in [3.8, 4) is 12.1 Å². The maximum Gasteiger partial charge on any atom is 0.335 e. The number of carbonyl (C=O) groups is 4. The maximum atomic E-state index is 14.7. The molecule has 1 unspecified atom stereocenters. The van der Waals surface area contributed by atoms with Crippen LogP contribution in [0.5, 0.6) is 0 Å². The highest BCUT2D eigenvalue weighted by atomic mass is 32.2. The lowest BCUT2D eigenvalue weighted by Gasteiger charge is -2.34. The molecule has 0 saturated carbocycles. The Morgan fingerprint density at radius 1 is 0.594 bits per heavy atom. The summed E-state index contributed by atoms with van der Waals surface area (Å²) in [7, 11) is 0. The number of nitrogens with zero attached hydrogens (tertiary/aromatic N) is 4. The van der Waals surface area contributed by atoms with Gasteiger partial charge in [0.15, 0.2) is 0 Å². The summed E-state index contributed by atoms with van der Waals surface area (Å²) in [6, 6.07) is 37.0. The van der Waals surface area contributed by atoms with Gasteiger partial charge in [0.25, 0.3) is 0 Å². The van der Waals surface area contributed by atoms with E-state index in [0.717, 1.165) is 33.4 Å². The molecule has 0 radical (unpaired) electrons. The fourth-order valence-electron chi connectivity index (χ4n) is 7.43. The zero-order chi connectivity index (χ0) is 45.7. The molecule has 64 heavy (non-hydrogen) atoms. The molecular weight excluding hydrogens is 855 g/mol. The highest BCUT2D eigenvalue weighted by molar-refractivity contribution is 8.01. The Bertz CT molecular complexity index is 2700. The molecule has 0 bridgehead atoms. The number of aryl methyl sites for hydroxylation is 2. The van der Waals surface area contributed by atoms with Gasteiger partial charge >= 0.3 is 11.9 Å². The molecule has 2 N–H and O–H groups in total. The quantitative estimate of drug-likeness (QED) is 0.135. The first-order valence-corrected chi connectivity index (χ1v) is 21.7. The van der Waals surface area contributed by atoms with Crippen molar-refractivity contribution in [3.63, 3.8) is 0 Å². The molecule has 2 amide bonds. The van der Waals surface area contributed by atoms with Gasteiger partial charge in [0, 0.05) is 0 Å². The van der Waals surface area contributed by atoms with Crippen LogP contribution < -0.4 is 9.80 Å². The number of carboxylic acids is 2. The second-order valence-electron chi connectivity index (χ2n) is 15.2. The molecule has 10 nitrogen and oxygen atoms in total. The first-order valence-electron chi connectivity index (χ1n) is 19.9. The lowest BCUT2D eigenvalue weighted by molar-refractivity contribution is -0.119. The van der Waals surface area contributed by atoms with E-state index < -0.39 is 22.4 Å². The minimum absolute atomic E-state index is 0.140. The summed E-state index contributed by atoms with van der Waals surface area (Å²) in [6.45, 7) is 4.30. The second kappa shape index (κ2) is 19.4. The van der Waals surface area contributed by atoms with Crippen molar-refractivity contribution in [2.24, 2.45) is 0 Å². The minimum atomic E-state index is -1.01. The molecule has 0 aliphatic carbocycles. The number of rotatable bonds is 10. The standard InChI is InChI=1S/2C25H19FN2O3S/c2*1-15-11-17(13-27)7-10-19(15)14-28-21-4-2-3-20(26)23(21)32-22(24(28)29)12-16-5-8-18(9-6-16)25(30)31/h2*2-11,22H,12,14H2,1H3,(H,30,31)/t22-;/m1./s1. The van der Waals surface area contributed by atoms with Crippen molar-refractivity contribution < 1.29 is 38.2 Å². The van der Waals surface area contributed by atoms with Gasteiger partial charge in [0.05, 0.1) is 79.1 Å². The van der Waals surface area contributed by atoms with Gasteiger partial charge < -0.3 is 20.0 Å². The van der Waals surface area contributed by atoms with Crippen LogP contribution in [-0.4, -0.2) is 44.5 Å². The minimum Gasteiger partial charge on any atom is -0.478 e. The first kappa shape index (κ1) is 44.8. The normalized spacial score (nSPS) is 15.2. The van der Waals surface area contributed by atoms with E-state index in [-0.39, 0.29) is 47.7 Å². The summed E-state index contributed by atoms with van der Waals surface area (Å²) >= 11 is 2.39. The Kier molecular flexibility index (Phi) is 13.6. The van der Waals surface area contributed by atoms with Crippen molar-refractivity contribution in [1.82, 2.24) is 0 Å². The number of amides is 2. The van der Waals surface area contributed by atoms with Crippen LogP contribution >= 0.6 is 23.5 Å². The SMILES string of the molecule is Cc1cc(C#N)ccc1CN1C(=O)C(Cc2ccc(C(=O)O)cc2)Sc2c(F)cccc21.Cc1cc(C#N)ccc1CN1C(=O)[C@@H](Cc2ccc(C(=O)O)cc2)Sc2c(F)cccc21. The number of hydrogen-bond donors (Lipinski definition) is 2. The summed E-state index contributed by atoms with van der Waals surface area (Å²) < 4.78 is 29.4. The van der Waals surface area contributed by atoms with E-state index >= 15 is 0 Å². The molecule has 0 spiro atoms. The number of aromatic carboxylic acids is 2. The van der Waals surface area contributed by atoms with Crippen LogP contribution in [0.1, 0.15) is 65.2 Å². The predicted octanol–water partition coefficient (Wildman–Crippen LogP) is 9.91. The molecule has 2 atom stereocenters. The zero-order valence-electron chi connectivity index (χ0n) is 34.4. The molecule has 320 valence electrons. The Hall–Kier alpha value is -7.26. The number of carbonyl (C=O) groups excluding carboxylic acids is 2. The van der Waals surface area contributed by atoms with E-state index in [1.54, 1.807) is 82.6 Å². The van der Waals surface area contributed by atoms with Gasteiger partial charge in [0.1, 0.15) is 11.6 Å². The fraction of sp³-hybridized carbons (Fsp3) is 0.160. The fourth-order valence-corrected chi connectivity index (χ4v) is 9.97. The average Bonchev–Trinajstić information content (AvgIpc) is 3.28. The van der Waals surface area contributed by atoms with Crippen LogP contribution in [-0.2, 0) is 35.5 Å². The van der Waals surface area contributed by atoms with Crippen LogP contribution in [0.2, 0.25) is 0 Å². The van der Waals surface area contributed by atoms with E-state index in [1.807, 2.05) is 26.0 Å². The van der Waals surface area contributed by atoms with Crippen molar-refractivity contribution in [1.29, 1.82) is 10.5 Å². The first-order chi connectivity index (χ1) is 30.7. The van der Waals surface area contributed by atoms with Crippen LogP contribution in [0.15, 0.2) is 131 Å². The molecular formula is C50H38F2N4O6S2. The molecule has 0 fully saturated rings. The van der Waals surface area contributed by atoms with Gasteiger partial charge in [-0.3, -0.25) is 9.59 Å². The number of thioether (sulfide) groups is 2. The number of fused-ring (bicyclic) bond motifs is 2. The lowest BCUT2D eigenvalue weighted by Crippen LogP contribution is -2.41. The molecule has 2 heterocycles. The summed E-state index contributed by atoms with van der Waals surface area (Å²) in [5, 5.41) is 35.3. The summed E-state index contributed by atoms with van der Waals surface area (Å²) in [4.78, 5) is 53.1. The van der Waals surface area contributed by atoms with Crippen LogP contribution in [0.4, 0.5) is 20.2 Å². The highest BCUT2D eigenvalue weighted by Gasteiger charge is 2.37. The summed E-state index contributed by atoms with van der Waals surface area (Å²) in [6.07, 6.45) is 0.694. The van der Waals surface area contributed by atoms with E-state index in [4.69, 9.17) is 20.7 Å². The lowest BCUT2D eigenvalue weighted by atomic mass is 10.0. The Morgan fingerprint density at radius 3 is 1.30 bits per heavy atom. The van der Waals surface area contributed by atoms with Crippen molar-refractivity contribution in [3.05, 3.63) is 189 Å². The van der Waals surface area contributed by atoms with Crippen molar-refractivity contribution in [2.75, 3.05) is 9.80 Å². The number of hydrogen-bond acceptors (Lipinski definition) is 8. The molecule has 6 aromatic carbocycles. The van der Waals surface area contributed by atoms with Crippen molar-refractivity contribution >= 4 is 58.7 Å². The Balaban J connectivity index is 0.000000191. The van der Waals surface area contributed by atoms with Gasteiger partial charge in [-0.1, -0.05) is 48.5 Å². The third-order valence-corrected chi connectivity index (χ3v) is 13.5. The number of benzene rings is 6. The van der Waals surface area contributed by atoms with Gasteiger partial charge in [-0.05, 0) is 133 Å². The van der Waals surface area contributed by atoms with Crippen molar-refractivity contribution in [2.45, 2.75) is 60.1 Å². The smallest absolute Gasteiger partial charge is 0.335 e. The van der Waals surface area contributed by atoms with E-state index in [1.165, 1.54) is 59.9 Å². The van der Waals surface area contributed by atoms with Crippen LogP contribution in [0.25, 0.3) is 0 Å². The molecule has 8 rings (SSSR count). The van der Waals surface area contributed by atoms with Gasteiger partial charge in [-0.15, -0.1) is 23.5 Å². The zero-order valence-corrected chi connectivity index (χ0v) is 36.1. The average molecular weight is 893 g/mol. The van der Waals surface area contributed by atoms with Gasteiger partial charge in [-0.2, -0.15) is 10.5 Å². The van der Waals surface area contributed by atoms with Crippen LogP contribution in [0, 0.1) is 48.1 Å². The monoisotopic (exact) mass is 892 g/mol. The summed E-state index contributed by atoms with van der Waals surface area (Å²) in [5.41, 5.74) is 7.61.